The molecule has 1 aliphatic heterocycles. The van der Waals surface area contributed by atoms with E-state index in [2.05, 4.69) is 17.6 Å². The fourth-order valence-corrected chi connectivity index (χ4v) is 2.51. The minimum atomic E-state index is 0.0529. The topological polar surface area (TPSA) is 41.1 Å². The van der Waals surface area contributed by atoms with Crippen LogP contribution in [0.5, 0.6) is 0 Å². The van der Waals surface area contributed by atoms with E-state index in [0.29, 0.717) is 5.92 Å². The molecule has 0 aliphatic carbocycles. The van der Waals surface area contributed by atoms with Gasteiger partial charge in [0, 0.05) is 18.2 Å². The van der Waals surface area contributed by atoms with E-state index >= 15 is 0 Å². The third-order valence-electron chi connectivity index (χ3n) is 3.54. The number of benzene rings is 1. The van der Waals surface area contributed by atoms with Crippen molar-refractivity contribution in [3.05, 3.63) is 34.9 Å². The standard InChI is InChI=1S/C15H22N2O/c1-10-4-5-12(3)14(7-10)15(18)17-13-6-11(2)8-16-9-13/h4-5,7,11,13,16H,6,8-9H2,1-3H3,(H,17,18). The van der Waals surface area contributed by atoms with E-state index < -0.39 is 0 Å². The molecule has 1 aliphatic rings. The van der Waals surface area contributed by atoms with E-state index in [1.807, 2.05) is 32.0 Å². The molecule has 1 aromatic rings. The molecule has 3 nitrogen and oxygen atoms in total. The van der Waals surface area contributed by atoms with Gasteiger partial charge in [0.2, 0.25) is 0 Å². The van der Waals surface area contributed by atoms with Crippen LogP contribution in [-0.4, -0.2) is 25.0 Å². The Hall–Kier alpha value is -1.35. The van der Waals surface area contributed by atoms with Crippen molar-refractivity contribution in [2.24, 2.45) is 5.92 Å². The summed E-state index contributed by atoms with van der Waals surface area (Å²) in [6.45, 7) is 8.14. The van der Waals surface area contributed by atoms with Crippen LogP contribution in [-0.2, 0) is 0 Å². The molecule has 2 atom stereocenters. The number of hydrogen-bond donors (Lipinski definition) is 2. The molecule has 0 spiro atoms. The highest BCUT2D eigenvalue weighted by Crippen LogP contribution is 2.13. The summed E-state index contributed by atoms with van der Waals surface area (Å²) >= 11 is 0. The minimum Gasteiger partial charge on any atom is -0.348 e. The van der Waals surface area contributed by atoms with Crippen LogP contribution in [0.25, 0.3) is 0 Å². The van der Waals surface area contributed by atoms with Crippen molar-refractivity contribution >= 4 is 5.91 Å². The number of carbonyl (C=O) groups excluding carboxylic acids is 1. The summed E-state index contributed by atoms with van der Waals surface area (Å²) in [6.07, 6.45) is 1.06. The Bertz CT molecular complexity index is 442. The lowest BCUT2D eigenvalue weighted by atomic mass is 9.97. The summed E-state index contributed by atoms with van der Waals surface area (Å²) in [6, 6.07) is 6.26. The van der Waals surface area contributed by atoms with Crippen LogP contribution in [0.1, 0.15) is 34.8 Å². The molecule has 1 aromatic carbocycles. The normalized spacial score (nSPS) is 23.7. The highest BCUT2D eigenvalue weighted by Gasteiger charge is 2.21. The second kappa shape index (κ2) is 5.53. The first kappa shape index (κ1) is 13.1. The monoisotopic (exact) mass is 246 g/mol. The van der Waals surface area contributed by atoms with E-state index in [1.54, 1.807) is 0 Å². The van der Waals surface area contributed by atoms with Crippen LogP contribution < -0.4 is 10.6 Å². The summed E-state index contributed by atoms with van der Waals surface area (Å²) in [7, 11) is 0. The fraction of sp³-hybridized carbons (Fsp3) is 0.533. The highest BCUT2D eigenvalue weighted by molar-refractivity contribution is 5.96. The number of nitrogens with one attached hydrogen (secondary N) is 2. The SMILES string of the molecule is Cc1ccc(C)c(C(=O)NC2CNCC(C)C2)c1. The quantitative estimate of drug-likeness (QED) is 0.838. The van der Waals surface area contributed by atoms with Crippen LogP contribution in [0.15, 0.2) is 18.2 Å². The maximum atomic E-state index is 12.3. The van der Waals surface area contributed by atoms with Crippen LogP contribution in [0.2, 0.25) is 0 Å². The zero-order valence-electron chi connectivity index (χ0n) is 11.4. The summed E-state index contributed by atoms with van der Waals surface area (Å²) < 4.78 is 0. The first-order valence-electron chi connectivity index (χ1n) is 6.65. The Morgan fingerprint density at radius 3 is 2.83 bits per heavy atom. The highest BCUT2D eigenvalue weighted by atomic mass is 16.1. The van der Waals surface area contributed by atoms with Crippen molar-refractivity contribution in [1.82, 2.24) is 10.6 Å². The lowest BCUT2D eigenvalue weighted by molar-refractivity contribution is 0.0924. The smallest absolute Gasteiger partial charge is 0.251 e. The van der Waals surface area contributed by atoms with Gasteiger partial charge in [-0.2, -0.15) is 0 Å². The molecule has 1 saturated heterocycles. The van der Waals surface area contributed by atoms with Crippen molar-refractivity contribution in [2.75, 3.05) is 13.1 Å². The third kappa shape index (κ3) is 3.10. The minimum absolute atomic E-state index is 0.0529. The summed E-state index contributed by atoms with van der Waals surface area (Å²) in [5.41, 5.74) is 2.96. The first-order valence-corrected chi connectivity index (χ1v) is 6.65. The van der Waals surface area contributed by atoms with Gasteiger partial charge >= 0.3 is 0 Å². The van der Waals surface area contributed by atoms with Gasteiger partial charge in [0.15, 0.2) is 0 Å². The molecule has 1 amide bonds. The Balaban J connectivity index is 2.05. The van der Waals surface area contributed by atoms with Gasteiger partial charge in [0.25, 0.3) is 5.91 Å². The van der Waals surface area contributed by atoms with Crippen molar-refractivity contribution < 1.29 is 4.79 Å². The van der Waals surface area contributed by atoms with Crippen molar-refractivity contribution in [3.8, 4) is 0 Å². The molecule has 0 saturated carbocycles. The molecule has 2 N–H and O–H groups in total. The number of amides is 1. The molecule has 2 unspecified atom stereocenters. The second-order valence-electron chi connectivity index (χ2n) is 5.49. The predicted octanol–water partition coefficient (Wildman–Crippen LogP) is 2.03. The van der Waals surface area contributed by atoms with Crippen molar-refractivity contribution in [1.29, 1.82) is 0 Å². The van der Waals surface area contributed by atoms with E-state index in [0.717, 1.165) is 36.2 Å². The number of aryl methyl sites for hydroxylation is 2. The number of hydrogen-bond acceptors (Lipinski definition) is 2. The average Bonchev–Trinajstić information content (AvgIpc) is 2.32. The van der Waals surface area contributed by atoms with E-state index in [1.165, 1.54) is 0 Å². The number of piperidine rings is 1. The molecule has 0 bridgehead atoms. The summed E-state index contributed by atoms with van der Waals surface area (Å²) in [4.78, 5) is 12.3. The van der Waals surface area contributed by atoms with Gasteiger partial charge in [-0.1, -0.05) is 24.6 Å². The number of rotatable bonds is 2. The fourth-order valence-electron chi connectivity index (χ4n) is 2.51. The van der Waals surface area contributed by atoms with Gasteiger partial charge in [0.1, 0.15) is 0 Å². The maximum absolute atomic E-state index is 12.3. The Labute approximate surface area is 109 Å². The molecule has 1 fully saturated rings. The summed E-state index contributed by atoms with van der Waals surface area (Å²) in [5.74, 6) is 0.680. The molecule has 18 heavy (non-hydrogen) atoms. The lowest BCUT2D eigenvalue weighted by Gasteiger charge is -2.28. The molecular weight excluding hydrogens is 224 g/mol. The van der Waals surface area contributed by atoms with Gasteiger partial charge in [-0.25, -0.2) is 0 Å². The lowest BCUT2D eigenvalue weighted by Crippen LogP contribution is -2.48. The van der Waals surface area contributed by atoms with Crippen LogP contribution in [0.4, 0.5) is 0 Å². The molecule has 0 radical (unpaired) electrons. The third-order valence-corrected chi connectivity index (χ3v) is 3.54. The van der Waals surface area contributed by atoms with Gasteiger partial charge in [-0.05, 0) is 44.4 Å². The Kier molecular flexibility index (Phi) is 4.02. The zero-order chi connectivity index (χ0) is 13.1. The van der Waals surface area contributed by atoms with Crippen LogP contribution in [0, 0.1) is 19.8 Å². The average molecular weight is 246 g/mol. The first-order chi connectivity index (χ1) is 8.56. The molecule has 98 valence electrons. The molecular formula is C15H22N2O. The van der Waals surface area contributed by atoms with Gasteiger partial charge in [-0.15, -0.1) is 0 Å². The van der Waals surface area contributed by atoms with E-state index in [9.17, 15) is 4.79 Å². The van der Waals surface area contributed by atoms with Gasteiger partial charge in [-0.3, -0.25) is 4.79 Å². The van der Waals surface area contributed by atoms with Crippen LogP contribution in [0.3, 0.4) is 0 Å². The second-order valence-corrected chi connectivity index (χ2v) is 5.49. The maximum Gasteiger partial charge on any atom is 0.251 e. The van der Waals surface area contributed by atoms with Crippen molar-refractivity contribution in [2.45, 2.75) is 33.2 Å². The van der Waals surface area contributed by atoms with E-state index in [4.69, 9.17) is 0 Å². The summed E-state index contributed by atoms with van der Waals surface area (Å²) in [5, 5.41) is 6.48. The van der Waals surface area contributed by atoms with Gasteiger partial charge < -0.3 is 10.6 Å². The molecule has 0 aromatic heterocycles. The zero-order valence-corrected chi connectivity index (χ0v) is 11.4. The molecule has 1 heterocycles. The largest absolute Gasteiger partial charge is 0.348 e. The Morgan fingerprint density at radius 1 is 1.33 bits per heavy atom. The number of carbonyl (C=O) groups is 1. The van der Waals surface area contributed by atoms with E-state index in [-0.39, 0.29) is 11.9 Å². The van der Waals surface area contributed by atoms with Crippen LogP contribution >= 0.6 is 0 Å². The predicted molar refractivity (Wildman–Crippen MR) is 73.8 cm³/mol. The van der Waals surface area contributed by atoms with Gasteiger partial charge in [0.05, 0.1) is 0 Å². The molecule has 3 heteroatoms. The Morgan fingerprint density at radius 2 is 2.11 bits per heavy atom. The molecule has 2 rings (SSSR count). The van der Waals surface area contributed by atoms with Crippen molar-refractivity contribution in [3.63, 3.8) is 0 Å².